The first-order chi connectivity index (χ1) is 8.13. The number of benzene rings is 2. The summed E-state index contributed by atoms with van der Waals surface area (Å²) in [6.07, 6.45) is 0. The van der Waals surface area contributed by atoms with E-state index in [1.54, 1.807) is 6.07 Å². The molecule has 2 nitrogen and oxygen atoms in total. The number of nitriles is 1. The lowest BCUT2D eigenvalue weighted by molar-refractivity contribution is 0.469. The summed E-state index contributed by atoms with van der Waals surface area (Å²) < 4.78 is 27.3. The molecule has 0 unspecified atom stereocenters. The molecule has 0 aliphatic rings. The van der Waals surface area contributed by atoms with Gasteiger partial charge in [-0.1, -0.05) is 12.1 Å². The van der Waals surface area contributed by atoms with Gasteiger partial charge in [0.15, 0.2) is 0 Å². The fraction of sp³-hybridized carbons (Fsp3) is 0. The minimum atomic E-state index is -0.764. The van der Waals surface area contributed by atoms with Crippen LogP contribution in [0, 0.1) is 23.0 Å². The topological polar surface area (TPSA) is 44.0 Å². The Labute approximate surface area is 96.4 Å². The fourth-order valence-electron chi connectivity index (χ4n) is 1.55. The summed E-state index contributed by atoms with van der Waals surface area (Å²) in [5.74, 6) is -1.73. The summed E-state index contributed by atoms with van der Waals surface area (Å²) in [7, 11) is 0. The maximum Gasteiger partial charge on any atom is 0.148 e. The van der Waals surface area contributed by atoms with E-state index in [0.717, 1.165) is 6.07 Å². The summed E-state index contributed by atoms with van der Waals surface area (Å²) in [5, 5.41) is 17.7. The molecule has 1 N–H and O–H groups in total. The minimum Gasteiger partial charge on any atom is -0.508 e. The van der Waals surface area contributed by atoms with Gasteiger partial charge in [-0.2, -0.15) is 5.26 Å². The van der Waals surface area contributed by atoms with Crippen LogP contribution < -0.4 is 0 Å². The second-order valence-electron chi connectivity index (χ2n) is 3.44. The Kier molecular flexibility index (Phi) is 2.75. The summed E-state index contributed by atoms with van der Waals surface area (Å²) >= 11 is 0. The third-order valence-corrected chi connectivity index (χ3v) is 2.36. The molecule has 17 heavy (non-hydrogen) atoms. The maximum atomic E-state index is 13.8. The first-order valence-corrected chi connectivity index (χ1v) is 4.81. The second kappa shape index (κ2) is 4.22. The average molecular weight is 231 g/mol. The van der Waals surface area contributed by atoms with Gasteiger partial charge in [0, 0.05) is 17.2 Å². The van der Waals surface area contributed by atoms with Gasteiger partial charge in [0.05, 0.1) is 5.56 Å². The van der Waals surface area contributed by atoms with Gasteiger partial charge in [-0.25, -0.2) is 8.78 Å². The third-order valence-electron chi connectivity index (χ3n) is 2.36. The van der Waals surface area contributed by atoms with Crippen molar-refractivity contribution in [3.63, 3.8) is 0 Å². The van der Waals surface area contributed by atoms with Crippen LogP contribution in [0.4, 0.5) is 8.78 Å². The van der Waals surface area contributed by atoms with Crippen molar-refractivity contribution in [2.24, 2.45) is 0 Å². The van der Waals surface area contributed by atoms with Crippen LogP contribution >= 0.6 is 0 Å². The van der Waals surface area contributed by atoms with Crippen LogP contribution in [0.1, 0.15) is 5.56 Å². The molecule has 0 fully saturated rings. The van der Waals surface area contributed by atoms with Gasteiger partial charge in [-0.05, 0) is 18.2 Å². The van der Waals surface area contributed by atoms with Gasteiger partial charge in [-0.3, -0.25) is 0 Å². The molecule has 0 saturated carbocycles. The minimum absolute atomic E-state index is 0.00144. The molecule has 2 aromatic rings. The van der Waals surface area contributed by atoms with Gasteiger partial charge in [0.2, 0.25) is 0 Å². The molecule has 0 spiro atoms. The lowest BCUT2D eigenvalue weighted by Crippen LogP contribution is -1.91. The number of nitrogens with zero attached hydrogens (tertiary/aromatic N) is 1. The highest BCUT2D eigenvalue weighted by molar-refractivity contribution is 5.67. The fourth-order valence-corrected chi connectivity index (χ4v) is 1.55. The Bertz CT molecular complexity index is 617. The van der Waals surface area contributed by atoms with Crippen molar-refractivity contribution in [2.75, 3.05) is 0 Å². The van der Waals surface area contributed by atoms with Crippen LogP contribution in [-0.2, 0) is 0 Å². The number of halogens is 2. The summed E-state index contributed by atoms with van der Waals surface area (Å²) in [4.78, 5) is 0. The normalized spacial score (nSPS) is 9.94. The Balaban J connectivity index is 2.66. The zero-order valence-corrected chi connectivity index (χ0v) is 8.61. The summed E-state index contributed by atoms with van der Waals surface area (Å²) in [5.41, 5.74) is -0.131. The number of aromatic hydroxyl groups is 1. The molecular weight excluding hydrogens is 224 g/mol. The van der Waals surface area contributed by atoms with E-state index in [1.807, 2.05) is 0 Å². The van der Waals surface area contributed by atoms with Crippen molar-refractivity contribution < 1.29 is 13.9 Å². The number of rotatable bonds is 1. The molecule has 4 heteroatoms. The highest BCUT2D eigenvalue weighted by Crippen LogP contribution is 2.29. The SMILES string of the molecule is N#Cc1cccc(-c2ccc(O)cc2F)c1F. The third kappa shape index (κ3) is 1.95. The van der Waals surface area contributed by atoms with Gasteiger partial charge in [0.1, 0.15) is 23.5 Å². The van der Waals surface area contributed by atoms with Gasteiger partial charge >= 0.3 is 0 Å². The molecule has 0 atom stereocenters. The zero-order chi connectivity index (χ0) is 12.4. The standard InChI is InChI=1S/C13H7F2NO/c14-12-6-9(17)4-5-10(12)11-3-1-2-8(7-16)13(11)15/h1-6,17H. The van der Waals surface area contributed by atoms with Gasteiger partial charge < -0.3 is 5.11 Å². The predicted octanol–water partition coefficient (Wildman–Crippen LogP) is 3.21. The van der Waals surface area contributed by atoms with E-state index in [1.165, 1.54) is 30.3 Å². The second-order valence-corrected chi connectivity index (χ2v) is 3.44. The van der Waals surface area contributed by atoms with Gasteiger partial charge in [-0.15, -0.1) is 0 Å². The van der Waals surface area contributed by atoms with Crippen LogP contribution in [0.2, 0.25) is 0 Å². The van der Waals surface area contributed by atoms with Crippen molar-refractivity contribution in [3.05, 3.63) is 53.6 Å². The Morgan fingerprint density at radius 2 is 1.82 bits per heavy atom. The smallest absolute Gasteiger partial charge is 0.148 e. The molecule has 0 aromatic heterocycles. The van der Waals surface area contributed by atoms with E-state index in [0.29, 0.717) is 0 Å². The molecule has 0 aliphatic heterocycles. The first-order valence-electron chi connectivity index (χ1n) is 4.81. The van der Waals surface area contributed by atoms with E-state index < -0.39 is 11.6 Å². The number of phenols is 1. The average Bonchev–Trinajstić information content (AvgIpc) is 2.30. The molecule has 0 heterocycles. The van der Waals surface area contributed by atoms with E-state index in [4.69, 9.17) is 10.4 Å². The van der Waals surface area contributed by atoms with E-state index in [2.05, 4.69) is 0 Å². The number of hydrogen-bond donors (Lipinski definition) is 1. The van der Waals surface area contributed by atoms with Crippen molar-refractivity contribution in [1.82, 2.24) is 0 Å². The molecular formula is C13H7F2NO. The van der Waals surface area contributed by atoms with Crippen LogP contribution in [-0.4, -0.2) is 5.11 Å². The van der Waals surface area contributed by atoms with E-state index in [-0.39, 0.29) is 22.4 Å². The molecule has 84 valence electrons. The molecule has 0 radical (unpaired) electrons. The molecule has 2 aromatic carbocycles. The number of hydrogen-bond acceptors (Lipinski definition) is 2. The van der Waals surface area contributed by atoms with Crippen LogP contribution in [0.15, 0.2) is 36.4 Å². The predicted molar refractivity (Wildman–Crippen MR) is 58.2 cm³/mol. The quantitative estimate of drug-likeness (QED) is 0.818. The summed E-state index contributed by atoms with van der Waals surface area (Å²) in [6.45, 7) is 0. The molecule has 0 saturated heterocycles. The van der Waals surface area contributed by atoms with E-state index in [9.17, 15) is 8.78 Å². The van der Waals surface area contributed by atoms with Crippen molar-refractivity contribution in [1.29, 1.82) is 5.26 Å². The largest absolute Gasteiger partial charge is 0.508 e. The summed E-state index contributed by atoms with van der Waals surface area (Å²) in [6, 6.07) is 9.29. The van der Waals surface area contributed by atoms with Crippen LogP contribution in [0.3, 0.4) is 0 Å². The van der Waals surface area contributed by atoms with Crippen molar-refractivity contribution in [2.45, 2.75) is 0 Å². The molecule has 0 bridgehead atoms. The monoisotopic (exact) mass is 231 g/mol. The highest BCUT2D eigenvalue weighted by atomic mass is 19.1. The number of phenolic OH excluding ortho intramolecular Hbond substituents is 1. The Hall–Kier alpha value is -2.41. The van der Waals surface area contributed by atoms with Crippen molar-refractivity contribution >= 4 is 0 Å². The van der Waals surface area contributed by atoms with Crippen LogP contribution in [0.5, 0.6) is 5.75 Å². The lowest BCUT2D eigenvalue weighted by Gasteiger charge is -2.06. The maximum absolute atomic E-state index is 13.8. The Morgan fingerprint density at radius 1 is 1.06 bits per heavy atom. The van der Waals surface area contributed by atoms with Crippen LogP contribution in [0.25, 0.3) is 11.1 Å². The van der Waals surface area contributed by atoms with E-state index >= 15 is 0 Å². The molecule has 2 rings (SSSR count). The van der Waals surface area contributed by atoms with Crippen molar-refractivity contribution in [3.8, 4) is 22.9 Å². The molecule has 0 amide bonds. The van der Waals surface area contributed by atoms with Gasteiger partial charge in [0.25, 0.3) is 0 Å². The zero-order valence-electron chi connectivity index (χ0n) is 8.61. The first kappa shape index (κ1) is 11.1. The Morgan fingerprint density at radius 3 is 2.47 bits per heavy atom. The highest BCUT2D eigenvalue weighted by Gasteiger charge is 2.13. The molecule has 0 aliphatic carbocycles. The lowest BCUT2D eigenvalue weighted by atomic mass is 10.0.